The van der Waals surface area contributed by atoms with Crippen LogP contribution in [0.15, 0.2) is 85.6 Å². The van der Waals surface area contributed by atoms with Crippen molar-refractivity contribution in [1.29, 1.82) is 0 Å². The number of para-hydroxylation sites is 1. The molecule has 5 nitrogen and oxygen atoms in total. The highest BCUT2D eigenvalue weighted by molar-refractivity contribution is 5.63. The van der Waals surface area contributed by atoms with Crippen LogP contribution in [0.5, 0.6) is 0 Å². The van der Waals surface area contributed by atoms with Crippen LogP contribution in [0.2, 0.25) is 0 Å². The lowest BCUT2D eigenvalue weighted by molar-refractivity contribution is -0.137. The molecule has 0 saturated carbocycles. The molecule has 0 aliphatic carbocycles. The Labute approximate surface area is 177 Å². The molecule has 8 heteroatoms. The second-order valence-corrected chi connectivity index (χ2v) is 6.96. The zero-order valence-electron chi connectivity index (χ0n) is 16.6. The van der Waals surface area contributed by atoms with Crippen LogP contribution in [-0.4, -0.2) is 26.1 Å². The third-order valence-corrected chi connectivity index (χ3v) is 4.82. The Balaban J connectivity index is 1.59. The zero-order chi connectivity index (χ0) is 21.7. The summed E-state index contributed by atoms with van der Waals surface area (Å²) in [7, 11) is 0. The van der Waals surface area contributed by atoms with Gasteiger partial charge in [-0.2, -0.15) is 13.2 Å². The van der Waals surface area contributed by atoms with E-state index in [2.05, 4.69) is 15.0 Å². The number of rotatable bonds is 7. The van der Waals surface area contributed by atoms with Gasteiger partial charge in [0, 0.05) is 42.9 Å². The van der Waals surface area contributed by atoms with Crippen molar-refractivity contribution in [2.75, 3.05) is 11.4 Å². The summed E-state index contributed by atoms with van der Waals surface area (Å²) < 4.78 is 40.6. The molecule has 0 fully saturated rings. The summed E-state index contributed by atoms with van der Waals surface area (Å²) in [5, 5.41) is 0. The van der Waals surface area contributed by atoms with E-state index in [1.807, 2.05) is 46.0 Å². The zero-order valence-corrected chi connectivity index (χ0v) is 16.6. The van der Waals surface area contributed by atoms with Gasteiger partial charge in [0.15, 0.2) is 0 Å². The minimum Gasteiger partial charge on any atom is -0.337 e. The fourth-order valence-corrected chi connectivity index (χ4v) is 3.25. The Bertz CT molecular complexity index is 1090. The quantitative estimate of drug-likeness (QED) is 0.389. The highest BCUT2D eigenvalue weighted by Gasteiger charge is 2.30. The minimum absolute atomic E-state index is 0.495. The fourth-order valence-electron chi connectivity index (χ4n) is 3.25. The number of anilines is 2. The van der Waals surface area contributed by atoms with Crippen molar-refractivity contribution in [3.63, 3.8) is 0 Å². The van der Waals surface area contributed by atoms with Crippen LogP contribution in [0.4, 0.5) is 24.8 Å². The normalized spacial score (nSPS) is 11.5. The Morgan fingerprint density at radius 1 is 0.903 bits per heavy atom. The van der Waals surface area contributed by atoms with Crippen LogP contribution in [0.25, 0.3) is 11.3 Å². The highest BCUT2D eigenvalue weighted by Crippen LogP contribution is 2.31. The average molecular weight is 423 g/mol. The molecule has 31 heavy (non-hydrogen) atoms. The van der Waals surface area contributed by atoms with E-state index in [1.54, 1.807) is 24.8 Å². The molecule has 0 unspecified atom stereocenters. The number of alkyl halides is 3. The number of aryl methyl sites for hydroxylation is 1. The molecular formula is C23H20F3N5. The molecular weight excluding hydrogens is 403 g/mol. The lowest BCUT2D eigenvalue weighted by Crippen LogP contribution is -2.22. The Kier molecular flexibility index (Phi) is 5.97. The summed E-state index contributed by atoms with van der Waals surface area (Å²) in [6, 6.07) is 16.5. The van der Waals surface area contributed by atoms with E-state index in [-0.39, 0.29) is 0 Å². The van der Waals surface area contributed by atoms with Gasteiger partial charge < -0.3 is 9.47 Å². The smallest absolute Gasteiger partial charge is 0.337 e. The van der Waals surface area contributed by atoms with Gasteiger partial charge in [0.1, 0.15) is 0 Å². The van der Waals surface area contributed by atoms with Crippen LogP contribution in [0.1, 0.15) is 12.0 Å². The Morgan fingerprint density at radius 3 is 2.35 bits per heavy atom. The molecule has 0 saturated heterocycles. The second kappa shape index (κ2) is 8.99. The molecule has 0 bridgehead atoms. The maximum Gasteiger partial charge on any atom is 0.416 e. The fraction of sp³-hybridized carbons (Fsp3) is 0.174. The first-order valence-corrected chi connectivity index (χ1v) is 9.80. The van der Waals surface area contributed by atoms with Crippen molar-refractivity contribution >= 4 is 11.6 Å². The number of nitrogens with zero attached hydrogens (tertiary/aromatic N) is 5. The molecule has 158 valence electrons. The largest absolute Gasteiger partial charge is 0.416 e. The van der Waals surface area contributed by atoms with Crippen LogP contribution < -0.4 is 4.90 Å². The summed E-state index contributed by atoms with van der Waals surface area (Å²) in [4.78, 5) is 15.1. The van der Waals surface area contributed by atoms with E-state index in [9.17, 15) is 13.2 Å². The molecule has 4 aromatic rings. The van der Waals surface area contributed by atoms with E-state index in [0.29, 0.717) is 23.8 Å². The topological polar surface area (TPSA) is 46.8 Å². The Morgan fingerprint density at radius 2 is 1.68 bits per heavy atom. The predicted octanol–water partition coefficient (Wildman–Crippen LogP) is 5.59. The summed E-state index contributed by atoms with van der Waals surface area (Å²) in [6.07, 6.45) is 3.52. The van der Waals surface area contributed by atoms with Gasteiger partial charge in [-0.15, -0.1) is 0 Å². The maximum atomic E-state index is 12.9. The molecule has 0 aliphatic rings. The summed E-state index contributed by atoms with van der Waals surface area (Å²) >= 11 is 0. The van der Waals surface area contributed by atoms with Crippen molar-refractivity contribution in [2.24, 2.45) is 0 Å². The van der Waals surface area contributed by atoms with Gasteiger partial charge in [0.05, 0.1) is 17.6 Å². The number of hydrogen-bond donors (Lipinski definition) is 0. The monoisotopic (exact) mass is 423 g/mol. The number of halogens is 3. The number of imidazole rings is 1. The van der Waals surface area contributed by atoms with Crippen molar-refractivity contribution in [3.8, 4) is 11.3 Å². The molecule has 0 atom stereocenters. The lowest BCUT2D eigenvalue weighted by Gasteiger charge is -2.23. The predicted molar refractivity (Wildman–Crippen MR) is 113 cm³/mol. The van der Waals surface area contributed by atoms with Crippen LogP contribution in [0, 0.1) is 0 Å². The molecule has 2 aromatic carbocycles. The van der Waals surface area contributed by atoms with Gasteiger partial charge in [-0.05, 0) is 36.8 Å². The van der Waals surface area contributed by atoms with Gasteiger partial charge in [-0.1, -0.05) is 30.3 Å². The first-order valence-electron chi connectivity index (χ1n) is 9.80. The first-order chi connectivity index (χ1) is 15.0. The van der Waals surface area contributed by atoms with E-state index in [0.717, 1.165) is 30.8 Å². The molecule has 2 heterocycles. The van der Waals surface area contributed by atoms with E-state index in [1.165, 1.54) is 12.1 Å². The maximum absolute atomic E-state index is 12.9. The van der Waals surface area contributed by atoms with E-state index in [4.69, 9.17) is 0 Å². The Hall–Kier alpha value is -3.68. The molecule has 0 spiro atoms. The third-order valence-electron chi connectivity index (χ3n) is 4.82. The van der Waals surface area contributed by atoms with Crippen molar-refractivity contribution in [3.05, 3.63) is 91.1 Å². The van der Waals surface area contributed by atoms with Crippen LogP contribution in [-0.2, 0) is 12.7 Å². The summed E-state index contributed by atoms with van der Waals surface area (Å²) in [5.41, 5.74) is 1.42. The average Bonchev–Trinajstić information content (AvgIpc) is 3.30. The van der Waals surface area contributed by atoms with Gasteiger partial charge in [0.25, 0.3) is 0 Å². The molecule has 0 aliphatic heterocycles. The van der Waals surface area contributed by atoms with E-state index < -0.39 is 11.7 Å². The minimum atomic E-state index is -4.37. The van der Waals surface area contributed by atoms with Crippen molar-refractivity contribution in [2.45, 2.75) is 19.1 Å². The van der Waals surface area contributed by atoms with Crippen LogP contribution >= 0.6 is 0 Å². The highest BCUT2D eigenvalue weighted by atomic mass is 19.4. The summed E-state index contributed by atoms with van der Waals surface area (Å²) in [6.45, 7) is 1.46. The third kappa shape index (κ3) is 5.09. The lowest BCUT2D eigenvalue weighted by atomic mass is 10.1. The summed E-state index contributed by atoms with van der Waals surface area (Å²) in [5.74, 6) is 0.495. The number of hydrogen-bond acceptors (Lipinski definition) is 4. The van der Waals surface area contributed by atoms with Crippen molar-refractivity contribution in [1.82, 2.24) is 19.5 Å². The van der Waals surface area contributed by atoms with E-state index >= 15 is 0 Å². The molecule has 4 rings (SSSR count). The van der Waals surface area contributed by atoms with Crippen molar-refractivity contribution < 1.29 is 13.2 Å². The first kappa shape index (κ1) is 20.6. The van der Waals surface area contributed by atoms with Gasteiger partial charge in [0.2, 0.25) is 5.95 Å². The molecule has 0 N–H and O–H groups in total. The molecule has 2 aromatic heterocycles. The number of aromatic nitrogens is 4. The second-order valence-electron chi connectivity index (χ2n) is 6.96. The SMILES string of the molecule is FC(F)(F)c1ccc(-c2ccnc(N(CCCn3ccnc3)c3ccccc3)n2)cc1. The molecule has 0 radical (unpaired) electrons. The number of benzene rings is 2. The standard InChI is InChI=1S/C23H20F3N5/c24-23(25,26)19-9-7-18(8-10-19)21-11-12-28-22(29-21)31(20-5-2-1-3-6-20)15-4-14-30-16-13-27-17-30/h1-3,5-13,16-17H,4,14-15H2. The van der Waals surface area contributed by atoms with Gasteiger partial charge >= 0.3 is 6.18 Å². The van der Waals surface area contributed by atoms with Crippen LogP contribution in [0.3, 0.4) is 0 Å². The van der Waals surface area contributed by atoms with Gasteiger partial charge in [-0.25, -0.2) is 15.0 Å². The van der Waals surface area contributed by atoms with Gasteiger partial charge in [-0.3, -0.25) is 0 Å². The molecule has 0 amide bonds.